The third-order valence-electron chi connectivity index (χ3n) is 6.60. The summed E-state index contributed by atoms with van der Waals surface area (Å²) in [7, 11) is 0. The van der Waals surface area contributed by atoms with E-state index >= 15 is 0 Å². The lowest BCUT2D eigenvalue weighted by Gasteiger charge is -2.24. The first-order valence-electron chi connectivity index (χ1n) is 15.1. The Labute approximate surface area is 255 Å². The van der Waals surface area contributed by atoms with E-state index in [1.165, 1.54) is 25.2 Å². The van der Waals surface area contributed by atoms with Crippen molar-refractivity contribution in [2.24, 2.45) is 0 Å². The number of aldehydes is 1. The second-order valence-corrected chi connectivity index (χ2v) is 11.1. The molecule has 0 saturated carbocycles. The molecule has 0 aliphatic carbocycles. The molecule has 42 heavy (non-hydrogen) atoms. The Bertz CT molecular complexity index is 1070. The minimum atomic E-state index is -0.241. The molecule has 0 radical (unpaired) electrons. The third kappa shape index (κ3) is 13.6. The maximum absolute atomic E-state index is 11.2. The van der Waals surface area contributed by atoms with Gasteiger partial charge in [-0.3, -0.25) is 14.4 Å². The number of benzene rings is 1. The molecule has 0 aliphatic heterocycles. The van der Waals surface area contributed by atoms with Gasteiger partial charge in [0.1, 0.15) is 11.5 Å². The van der Waals surface area contributed by atoms with Gasteiger partial charge in [-0.2, -0.15) is 0 Å². The molecule has 0 N–H and O–H groups in total. The predicted octanol–water partition coefficient (Wildman–Crippen LogP) is 7.58. The van der Waals surface area contributed by atoms with Crippen molar-refractivity contribution in [3.63, 3.8) is 0 Å². The summed E-state index contributed by atoms with van der Waals surface area (Å²) in [5.41, 5.74) is 1.92. The highest BCUT2D eigenvalue weighted by Gasteiger charge is 2.15. The van der Waals surface area contributed by atoms with Crippen LogP contribution in [0.2, 0.25) is 0 Å². The van der Waals surface area contributed by atoms with Crippen LogP contribution in [0.3, 0.4) is 0 Å². The number of nitrogens with zero attached hydrogens (tertiary/aromatic N) is 1. The van der Waals surface area contributed by atoms with E-state index in [2.05, 4.69) is 30.9 Å². The molecule has 2 aromatic rings. The van der Waals surface area contributed by atoms with Crippen LogP contribution >= 0.6 is 11.3 Å². The fraction of sp³-hybridized carbons (Fsp3) is 0.545. The Kier molecular flexibility index (Phi) is 17.0. The Morgan fingerprint density at radius 2 is 1.19 bits per heavy atom. The number of ether oxygens (including phenoxy) is 4. The zero-order valence-corrected chi connectivity index (χ0v) is 26.5. The van der Waals surface area contributed by atoms with E-state index in [-0.39, 0.29) is 11.9 Å². The summed E-state index contributed by atoms with van der Waals surface area (Å²) in [5, 5.41) is 0. The van der Waals surface area contributed by atoms with Crippen molar-refractivity contribution in [1.82, 2.24) is 0 Å². The molecule has 0 saturated heterocycles. The number of esters is 2. The van der Waals surface area contributed by atoms with Gasteiger partial charge in [-0.05, 0) is 89.5 Å². The van der Waals surface area contributed by atoms with Gasteiger partial charge in [0.25, 0.3) is 0 Å². The molecule has 2 rings (SSSR count). The first-order chi connectivity index (χ1) is 20.4. The molecular weight excluding hydrogens is 554 g/mol. The van der Waals surface area contributed by atoms with E-state index in [1.54, 1.807) is 0 Å². The molecule has 9 heteroatoms. The predicted molar refractivity (Wildman–Crippen MR) is 170 cm³/mol. The number of hydrogen-bond donors (Lipinski definition) is 0. The molecule has 0 atom stereocenters. The topological polar surface area (TPSA) is 91.4 Å². The van der Waals surface area contributed by atoms with E-state index in [9.17, 15) is 14.4 Å². The molecule has 8 nitrogen and oxygen atoms in total. The molecule has 0 unspecified atom stereocenters. The molecule has 0 bridgehead atoms. The average Bonchev–Trinajstić information content (AvgIpc) is 3.43. The summed E-state index contributed by atoms with van der Waals surface area (Å²) in [4.78, 5) is 37.0. The quantitative estimate of drug-likeness (QED) is 0.0775. The zero-order valence-electron chi connectivity index (χ0n) is 25.7. The van der Waals surface area contributed by atoms with Crippen LogP contribution in [0.5, 0.6) is 11.5 Å². The van der Waals surface area contributed by atoms with E-state index in [4.69, 9.17) is 18.9 Å². The van der Waals surface area contributed by atoms with Gasteiger partial charge in [0.05, 0.1) is 36.9 Å². The fourth-order valence-electron chi connectivity index (χ4n) is 4.36. The maximum Gasteiger partial charge on any atom is 0.302 e. The van der Waals surface area contributed by atoms with Crippen molar-refractivity contribution in [2.75, 3.05) is 44.4 Å². The van der Waals surface area contributed by atoms with Crippen LogP contribution in [0, 0.1) is 0 Å². The second kappa shape index (κ2) is 20.5. The number of carbonyl (C=O) groups excluding carboxylic acids is 3. The van der Waals surface area contributed by atoms with Crippen LogP contribution in [0.1, 0.15) is 99.2 Å². The molecule has 0 amide bonds. The van der Waals surface area contributed by atoms with E-state index < -0.39 is 0 Å². The van der Waals surface area contributed by atoms with Crippen molar-refractivity contribution >= 4 is 47.4 Å². The lowest BCUT2D eigenvalue weighted by Crippen LogP contribution is -2.22. The summed E-state index contributed by atoms with van der Waals surface area (Å²) in [6.07, 6.45) is 12.2. The number of unbranched alkanes of at least 4 members (excludes halogenated alkanes) is 6. The van der Waals surface area contributed by atoms with Gasteiger partial charge in [-0.25, -0.2) is 0 Å². The van der Waals surface area contributed by atoms with Crippen LogP contribution in [0.15, 0.2) is 24.3 Å². The van der Waals surface area contributed by atoms with Crippen molar-refractivity contribution in [2.45, 2.75) is 79.1 Å². The highest BCUT2D eigenvalue weighted by atomic mass is 32.1. The fourth-order valence-corrected chi connectivity index (χ4v) is 5.09. The minimum Gasteiger partial charge on any atom is -0.493 e. The number of hydrogen-bond acceptors (Lipinski definition) is 9. The lowest BCUT2D eigenvalue weighted by molar-refractivity contribution is -0.142. The molecule has 232 valence electrons. The zero-order chi connectivity index (χ0) is 30.6. The van der Waals surface area contributed by atoms with Crippen LogP contribution in [-0.2, 0) is 19.1 Å². The van der Waals surface area contributed by atoms with Gasteiger partial charge in [-0.15, -0.1) is 11.3 Å². The third-order valence-corrected chi connectivity index (χ3v) is 7.57. The number of anilines is 1. The average molecular weight is 602 g/mol. The SMILES string of the molecule is CCN(CC)c1cc(OCCCCCCOC(C)=O)c(C=Cc2ccc(C=O)s2)c(OCCCCCCOC(C)=O)c1. The highest BCUT2D eigenvalue weighted by molar-refractivity contribution is 7.14. The van der Waals surface area contributed by atoms with Crippen LogP contribution in [-0.4, -0.2) is 57.7 Å². The van der Waals surface area contributed by atoms with Gasteiger partial charge < -0.3 is 23.8 Å². The van der Waals surface area contributed by atoms with Gasteiger partial charge >= 0.3 is 11.9 Å². The molecule has 1 aromatic carbocycles. The second-order valence-electron chi connectivity index (χ2n) is 9.92. The molecule has 1 heterocycles. The van der Waals surface area contributed by atoms with Crippen LogP contribution in [0.4, 0.5) is 5.69 Å². The normalized spacial score (nSPS) is 11.0. The van der Waals surface area contributed by atoms with Crippen LogP contribution < -0.4 is 14.4 Å². The monoisotopic (exact) mass is 601 g/mol. The first kappa shape index (κ1) is 34.9. The first-order valence-corrected chi connectivity index (χ1v) is 15.9. The lowest BCUT2D eigenvalue weighted by atomic mass is 10.1. The van der Waals surface area contributed by atoms with Crippen molar-refractivity contribution in [1.29, 1.82) is 0 Å². The molecule has 0 fully saturated rings. The Hall–Kier alpha value is -3.33. The summed E-state index contributed by atoms with van der Waals surface area (Å²) < 4.78 is 22.8. The smallest absolute Gasteiger partial charge is 0.302 e. The number of rotatable bonds is 22. The van der Waals surface area contributed by atoms with E-state index in [0.717, 1.165) is 98.4 Å². The highest BCUT2D eigenvalue weighted by Crippen LogP contribution is 2.37. The van der Waals surface area contributed by atoms with Gasteiger partial charge in [0.15, 0.2) is 6.29 Å². The van der Waals surface area contributed by atoms with Gasteiger partial charge in [0, 0.05) is 49.6 Å². The van der Waals surface area contributed by atoms with Crippen molar-refractivity contribution in [3.05, 3.63) is 39.6 Å². The number of thiophene rings is 1. The van der Waals surface area contributed by atoms with Crippen LogP contribution in [0.25, 0.3) is 12.2 Å². The summed E-state index contributed by atoms with van der Waals surface area (Å²) >= 11 is 1.44. The summed E-state index contributed by atoms with van der Waals surface area (Å²) in [6.45, 7) is 10.9. The van der Waals surface area contributed by atoms with Gasteiger partial charge in [-0.1, -0.05) is 0 Å². The standard InChI is InChI=1S/C33H47NO7S/c1-5-34(6-2)28-23-32(40-21-13-9-7-11-19-38-26(3)36)31(18-17-29-15-16-30(25-35)42-29)33(24-28)41-22-14-10-8-12-20-39-27(4)37/h15-18,23-25H,5-14,19-22H2,1-4H3. The molecule has 0 spiro atoms. The van der Waals surface area contributed by atoms with Crippen molar-refractivity contribution in [3.8, 4) is 11.5 Å². The van der Waals surface area contributed by atoms with Crippen molar-refractivity contribution < 1.29 is 33.3 Å². The molecular formula is C33H47NO7S. The minimum absolute atomic E-state index is 0.241. The Morgan fingerprint density at radius 1 is 0.714 bits per heavy atom. The van der Waals surface area contributed by atoms with E-state index in [1.807, 2.05) is 24.3 Å². The van der Waals surface area contributed by atoms with Gasteiger partial charge in [0.2, 0.25) is 0 Å². The Balaban J connectivity index is 2.17. The maximum atomic E-state index is 11.2. The molecule has 1 aromatic heterocycles. The Morgan fingerprint density at radius 3 is 1.62 bits per heavy atom. The summed E-state index contributed by atoms with van der Waals surface area (Å²) in [6, 6.07) is 7.92. The largest absolute Gasteiger partial charge is 0.493 e. The summed E-state index contributed by atoms with van der Waals surface area (Å²) in [5.74, 6) is 1.04. The van der Waals surface area contributed by atoms with E-state index in [0.29, 0.717) is 31.3 Å². The molecule has 0 aliphatic rings. The number of carbonyl (C=O) groups is 3.